The van der Waals surface area contributed by atoms with E-state index in [1.165, 1.54) is 80.9 Å². The molecule has 2 heterocycles. The van der Waals surface area contributed by atoms with E-state index in [0.29, 0.717) is 11.8 Å². The van der Waals surface area contributed by atoms with Crippen LogP contribution in [0, 0.1) is 5.41 Å². The van der Waals surface area contributed by atoms with Crippen LogP contribution < -0.4 is 0 Å². The minimum Gasteiger partial charge on any atom is -0.255 e. The SMILES string of the molecule is CC1(C)c2ccc(-c3ccc(-c4nc(C5CCCCC5)nc(C5CCCCC5)n4)cn3)cc2C(C)(C)C1(C)C. The van der Waals surface area contributed by atoms with Crippen molar-refractivity contribution < 1.29 is 0 Å². The van der Waals surface area contributed by atoms with E-state index < -0.39 is 0 Å². The maximum absolute atomic E-state index is 5.10. The Kier molecular flexibility index (Phi) is 6.67. The molecule has 2 saturated carbocycles. The highest BCUT2D eigenvalue weighted by Gasteiger charge is 2.56. The number of fused-ring (bicyclic) bond motifs is 1. The molecule has 0 amide bonds. The second-order valence-corrected chi connectivity index (χ2v) is 14.1. The summed E-state index contributed by atoms with van der Waals surface area (Å²) in [7, 11) is 0. The van der Waals surface area contributed by atoms with Gasteiger partial charge in [-0.3, -0.25) is 4.98 Å². The predicted octanol–water partition coefficient (Wildman–Crippen LogP) is 9.29. The zero-order valence-electron chi connectivity index (χ0n) is 25.0. The van der Waals surface area contributed by atoms with E-state index in [-0.39, 0.29) is 16.2 Å². The summed E-state index contributed by atoms with van der Waals surface area (Å²) >= 11 is 0. The van der Waals surface area contributed by atoms with E-state index in [4.69, 9.17) is 19.9 Å². The van der Waals surface area contributed by atoms with Gasteiger partial charge < -0.3 is 0 Å². The van der Waals surface area contributed by atoms with Crippen molar-refractivity contribution in [3.8, 4) is 22.6 Å². The Morgan fingerprint density at radius 2 is 1.13 bits per heavy atom. The Labute approximate surface area is 235 Å². The van der Waals surface area contributed by atoms with Crippen LogP contribution in [0.3, 0.4) is 0 Å². The molecule has 2 aromatic heterocycles. The summed E-state index contributed by atoms with van der Waals surface area (Å²) in [6.45, 7) is 14.4. The van der Waals surface area contributed by atoms with Gasteiger partial charge in [-0.15, -0.1) is 0 Å². The van der Waals surface area contributed by atoms with E-state index in [2.05, 4.69) is 71.9 Å². The van der Waals surface area contributed by atoms with Crippen LogP contribution in [0.25, 0.3) is 22.6 Å². The van der Waals surface area contributed by atoms with Crippen LogP contribution in [0.2, 0.25) is 0 Å². The first kappa shape index (κ1) is 26.6. The van der Waals surface area contributed by atoms with Crippen molar-refractivity contribution in [2.24, 2.45) is 5.41 Å². The summed E-state index contributed by atoms with van der Waals surface area (Å²) < 4.78 is 0. The molecule has 0 unspecified atom stereocenters. The third kappa shape index (κ3) is 4.43. The van der Waals surface area contributed by atoms with E-state index in [1.54, 1.807) is 0 Å². The minimum absolute atomic E-state index is 0.0811. The molecule has 0 atom stereocenters. The largest absolute Gasteiger partial charge is 0.255 e. The molecule has 39 heavy (non-hydrogen) atoms. The maximum atomic E-state index is 5.10. The lowest BCUT2D eigenvalue weighted by molar-refractivity contribution is 0.125. The van der Waals surface area contributed by atoms with Gasteiger partial charge in [0, 0.05) is 29.2 Å². The van der Waals surface area contributed by atoms with Crippen molar-refractivity contribution in [2.45, 2.75) is 128 Å². The Bertz CT molecular complexity index is 1300. The quantitative estimate of drug-likeness (QED) is 0.342. The van der Waals surface area contributed by atoms with Crippen molar-refractivity contribution in [3.05, 3.63) is 59.3 Å². The normalized spacial score (nSPS) is 22.5. The average molecular weight is 523 g/mol. The first-order valence-corrected chi connectivity index (χ1v) is 15.5. The third-order valence-corrected chi connectivity index (χ3v) is 11.4. The van der Waals surface area contributed by atoms with Gasteiger partial charge in [-0.2, -0.15) is 0 Å². The molecule has 3 aromatic rings. The van der Waals surface area contributed by atoms with Crippen LogP contribution in [-0.4, -0.2) is 19.9 Å². The molecule has 3 aliphatic rings. The van der Waals surface area contributed by atoms with Crippen molar-refractivity contribution in [3.63, 3.8) is 0 Å². The first-order chi connectivity index (χ1) is 18.6. The van der Waals surface area contributed by atoms with E-state index in [9.17, 15) is 0 Å². The Balaban J connectivity index is 1.34. The van der Waals surface area contributed by atoms with Gasteiger partial charge in [0.05, 0.1) is 5.69 Å². The molecular formula is C35H46N4. The van der Waals surface area contributed by atoms with Crippen molar-refractivity contribution >= 4 is 0 Å². The molecule has 0 spiro atoms. The van der Waals surface area contributed by atoms with Gasteiger partial charge in [-0.05, 0) is 71.3 Å². The minimum atomic E-state index is 0.0811. The fraction of sp³-hybridized carbons (Fsp3) is 0.600. The smallest absolute Gasteiger partial charge is 0.164 e. The standard InChI is InChI=1S/C35H46N4/c1-33(2)27-19-17-25(21-28(27)34(3,4)35(33,5)6)29-20-18-26(22-36-29)32-38-30(23-13-9-7-10-14-23)37-31(39-32)24-15-11-8-12-16-24/h17-24H,7-16H2,1-6H3. The summed E-state index contributed by atoms with van der Waals surface area (Å²) in [5.41, 5.74) is 6.46. The van der Waals surface area contributed by atoms with Crippen molar-refractivity contribution in [2.75, 3.05) is 0 Å². The van der Waals surface area contributed by atoms with Crippen LogP contribution in [0.1, 0.15) is 140 Å². The molecule has 4 nitrogen and oxygen atoms in total. The Morgan fingerprint density at radius 3 is 1.67 bits per heavy atom. The number of aromatic nitrogens is 4. The van der Waals surface area contributed by atoms with Crippen LogP contribution in [0.4, 0.5) is 0 Å². The molecular weight excluding hydrogens is 476 g/mol. The molecule has 0 N–H and O–H groups in total. The Hall–Kier alpha value is -2.62. The van der Waals surface area contributed by atoms with E-state index in [1.807, 2.05) is 6.20 Å². The molecule has 4 heteroatoms. The van der Waals surface area contributed by atoms with Crippen LogP contribution in [0.15, 0.2) is 36.5 Å². The highest BCUT2D eigenvalue weighted by molar-refractivity contribution is 5.66. The summed E-state index contributed by atoms with van der Waals surface area (Å²) in [4.78, 5) is 20.2. The van der Waals surface area contributed by atoms with Crippen LogP contribution >= 0.6 is 0 Å². The van der Waals surface area contributed by atoms with Crippen molar-refractivity contribution in [1.29, 1.82) is 0 Å². The van der Waals surface area contributed by atoms with Crippen molar-refractivity contribution in [1.82, 2.24) is 19.9 Å². The summed E-state index contributed by atoms with van der Waals surface area (Å²) in [5.74, 6) is 3.80. The topological polar surface area (TPSA) is 51.6 Å². The van der Waals surface area contributed by atoms with E-state index >= 15 is 0 Å². The molecule has 206 valence electrons. The number of hydrogen-bond donors (Lipinski definition) is 0. The molecule has 0 saturated heterocycles. The maximum Gasteiger partial charge on any atom is 0.164 e. The highest BCUT2D eigenvalue weighted by Crippen LogP contribution is 2.61. The molecule has 3 aliphatic carbocycles. The molecule has 0 radical (unpaired) electrons. The second-order valence-electron chi connectivity index (χ2n) is 14.1. The first-order valence-electron chi connectivity index (χ1n) is 15.5. The summed E-state index contributed by atoms with van der Waals surface area (Å²) in [5, 5.41) is 0. The summed E-state index contributed by atoms with van der Waals surface area (Å²) in [6, 6.07) is 11.3. The lowest BCUT2D eigenvalue weighted by Crippen LogP contribution is -2.42. The van der Waals surface area contributed by atoms with Gasteiger partial charge in [-0.1, -0.05) is 92.2 Å². The second kappa shape index (κ2) is 9.78. The predicted molar refractivity (Wildman–Crippen MR) is 160 cm³/mol. The van der Waals surface area contributed by atoms with Crippen LogP contribution in [-0.2, 0) is 10.8 Å². The van der Waals surface area contributed by atoms with Crippen LogP contribution in [0.5, 0.6) is 0 Å². The molecule has 0 aliphatic heterocycles. The molecule has 6 rings (SSSR count). The van der Waals surface area contributed by atoms with Gasteiger partial charge >= 0.3 is 0 Å². The fourth-order valence-electron chi connectivity index (χ4n) is 7.54. The monoisotopic (exact) mass is 522 g/mol. The zero-order valence-corrected chi connectivity index (χ0v) is 25.0. The average Bonchev–Trinajstić information content (AvgIpc) is 3.07. The van der Waals surface area contributed by atoms with E-state index in [0.717, 1.165) is 28.7 Å². The lowest BCUT2D eigenvalue weighted by Gasteiger charge is -2.44. The lowest BCUT2D eigenvalue weighted by atomic mass is 9.59. The number of nitrogens with zero attached hydrogens (tertiary/aromatic N) is 4. The summed E-state index contributed by atoms with van der Waals surface area (Å²) in [6.07, 6.45) is 14.6. The highest BCUT2D eigenvalue weighted by atomic mass is 15.0. The van der Waals surface area contributed by atoms with Gasteiger partial charge in [0.2, 0.25) is 0 Å². The molecule has 0 bridgehead atoms. The van der Waals surface area contributed by atoms with Gasteiger partial charge in [-0.25, -0.2) is 15.0 Å². The number of pyridine rings is 1. The third-order valence-electron chi connectivity index (χ3n) is 11.4. The van der Waals surface area contributed by atoms with Gasteiger partial charge in [0.15, 0.2) is 5.82 Å². The van der Waals surface area contributed by atoms with Gasteiger partial charge in [0.25, 0.3) is 0 Å². The zero-order chi connectivity index (χ0) is 27.4. The number of rotatable bonds is 4. The Morgan fingerprint density at radius 1 is 0.590 bits per heavy atom. The number of benzene rings is 1. The van der Waals surface area contributed by atoms with Gasteiger partial charge in [0.1, 0.15) is 11.6 Å². The fourth-order valence-corrected chi connectivity index (χ4v) is 7.54. The number of hydrogen-bond acceptors (Lipinski definition) is 4. The molecule has 2 fully saturated rings. The molecule has 1 aromatic carbocycles.